The molecular formula is C24H24F3N3O3. The molecule has 1 aliphatic heterocycles. The van der Waals surface area contributed by atoms with Crippen molar-refractivity contribution >= 4 is 5.91 Å². The van der Waals surface area contributed by atoms with E-state index in [1.54, 1.807) is 6.07 Å². The van der Waals surface area contributed by atoms with Gasteiger partial charge in [0.2, 0.25) is 17.6 Å². The first-order chi connectivity index (χ1) is 15.8. The van der Waals surface area contributed by atoms with Gasteiger partial charge < -0.3 is 14.2 Å². The Kier molecular flexibility index (Phi) is 6.67. The monoisotopic (exact) mass is 459 g/mol. The van der Waals surface area contributed by atoms with Gasteiger partial charge in [0.1, 0.15) is 5.75 Å². The number of aromatic nitrogens is 2. The molecule has 6 nitrogen and oxygen atoms in total. The second kappa shape index (κ2) is 9.64. The van der Waals surface area contributed by atoms with Gasteiger partial charge in [-0.25, -0.2) is 0 Å². The summed E-state index contributed by atoms with van der Waals surface area (Å²) in [5, 5.41) is 4.03. The van der Waals surface area contributed by atoms with Gasteiger partial charge in [-0.1, -0.05) is 30.6 Å². The fraction of sp³-hybridized carbons (Fsp3) is 0.375. The van der Waals surface area contributed by atoms with E-state index in [1.807, 2.05) is 24.3 Å². The number of unbranched alkanes of at least 4 members (excludes halogenated alkanes) is 1. The maximum absolute atomic E-state index is 13.0. The second-order valence-corrected chi connectivity index (χ2v) is 8.06. The minimum Gasteiger partial charge on any atom is -0.494 e. The number of halogens is 3. The number of hydrogen-bond donors (Lipinski definition) is 0. The van der Waals surface area contributed by atoms with Crippen molar-refractivity contribution in [2.24, 2.45) is 0 Å². The largest absolute Gasteiger partial charge is 0.494 e. The lowest BCUT2D eigenvalue weighted by Gasteiger charge is -2.17. The highest BCUT2D eigenvalue weighted by atomic mass is 19.4. The summed E-state index contributed by atoms with van der Waals surface area (Å²) in [5.41, 5.74) is 0.454. The summed E-state index contributed by atoms with van der Waals surface area (Å²) in [4.78, 5) is 18.4. The molecule has 2 heterocycles. The van der Waals surface area contributed by atoms with Crippen LogP contribution in [0.3, 0.4) is 0 Å². The Bertz CT molecular complexity index is 1100. The molecule has 1 amide bonds. The molecule has 1 saturated heterocycles. The lowest BCUT2D eigenvalue weighted by atomic mass is 10.1. The van der Waals surface area contributed by atoms with Crippen LogP contribution >= 0.6 is 0 Å². The van der Waals surface area contributed by atoms with E-state index in [-0.39, 0.29) is 24.8 Å². The van der Waals surface area contributed by atoms with Crippen molar-refractivity contribution in [1.29, 1.82) is 0 Å². The number of alkyl halides is 3. The molecule has 1 fully saturated rings. The molecule has 33 heavy (non-hydrogen) atoms. The van der Waals surface area contributed by atoms with Crippen molar-refractivity contribution in [3.63, 3.8) is 0 Å². The Labute approximate surface area is 189 Å². The Balaban J connectivity index is 1.40. The average Bonchev–Trinajstić information content (AvgIpc) is 3.41. The summed E-state index contributed by atoms with van der Waals surface area (Å²) in [7, 11) is 0. The van der Waals surface area contributed by atoms with Crippen LogP contribution in [0.1, 0.15) is 49.1 Å². The predicted molar refractivity (Wildman–Crippen MR) is 114 cm³/mol. The van der Waals surface area contributed by atoms with E-state index in [0.717, 1.165) is 36.3 Å². The molecule has 0 N–H and O–H groups in total. The highest BCUT2D eigenvalue weighted by Gasteiger charge is 2.35. The van der Waals surface area contributed by atoms with Gasteiger partial charge in [0.05, 0.1) is 18.1 Å². The van der Waals surface area contributed by atoms with Crippen molar-refractivity contribution in [3.8, 4) is 17.1 Å². The topological polar surface area (TPSA) is 68.5 Å². The highest BCUT2D eigenvalue weighted by Crippen LogP contribution is 2.32. The fourth-order valence-electron chi connectivity index (χ4n) is 3.71. The number of hydrogen-bond acceptors (Lipinski definition) is 5. The molecule has 0 spiro atoms. The van der Waals surface area contributed by atoms with Crippen LogP contribution in [0.5, 0.6) is 5.75 Å². The standard InChI is InChI=1S/C24H24F3N3O3/c1-2-3-11-32-20-9-7-17(8-10-20)22-28-23(33-29-22)18-13-21(31)30(15-18)14-16-5-4-6-19(12-16)24(25,26)27/h4-10,12,18H,2-3,11,13-15H2,1H3. The van der Waals surface area contributed by atoms with Crippen molar-refractivity contribution in [2.45, 2.75) is 44.8 Å². The summed E-state index contributed by atoms with van der Waals surface area (Å²) in [6, 6.07) is 12.4. The van der Waals surface area contributed by atoms with Crippen LogP contribution in [0, 0.1) is 0 Å². The molecule has 0 saturated carbocycles. The molecule has 0 aliphatic carbocycles. The molecule has 9 heteroatoms. The van der Waals surface area contributed by atoms with Gasteiger partial charge in [0.25, 0.3) is 0 Å². The molecule has 1 aromatic heterocycles. The minimum absolute atomic E-state index is 0.0970. The van der Waals surface area contributed by atoms with Crippen molar-refractivity contribution in [2.75, 3.05) is 13.2 Å². The Hall–Kier alpha value is -3.36. The normalized spacial score (nSPS) is 16.4. The number of nitrogens with zero attached hydrogens (tertiary/aromatic N) is 3. The first-order valence-electron chi connectivity index (χ1n) is 10.8. The predicted octanol–water partition coefficient (Wildman–Crippen LogP) is 5.45. The quantitative estimate of drug-likeness (QED) is 0.419. The van der Waals surface area contributed by atoms with Crippen molar-refractivity contribution in [3.05, 3.63) is 65.5 Å². The van der Waals surface area contributed by atoms with E-state index in [2.05, 4.69) is 17.1 Å². The minimum atomic E-state index is -4.42. The maximum Gasteiger partial charge on any atom is 0.416 e. The molecule has 2 aromatic carbocycles. The van der Waals surface area contributed by atoms with Gasteiger partial charge in [0.15, 0.2) is 0 Å². The Morgan fingerprint density at radius 3 is 2.70 bits per heavy atom. The average molecular weight is 459 g/mol. The van der Waals surface area contributed by atoms with Crippen LogP contribution in [0.2, 0.25) is 0 Å². The van der Waals surface area contributed by atoms with E-state index in [1.165, 1.54) is 11.0 Å². The summed E-state index contributed by atoms with van der Waals surface area (Å²) in [6.45, 7) is 3.17. The van der Waals surface area contributed by atoms with E-state index >= 15 is 0 Å². The first-order valence-corrected chi connectivity index (χ1v) is 10.8. The zero-order valence-electron chi connectivity index (χ0n) is 18.1. The SMILES string of the molecule is CCCCOc1ccc(-c2noc(C3CC(=O)N(Cc4cccc(C(F)(F)F)c4)C3)n2)cc1. The van der Waals surface area contributed by atoms with Crippen LogP contribution in [0.4, 0.5) is 13.2 Å². The van der Waals surface area contributed by atoms with Crippen LogP contribution in [-0.4, -0.2) is 34.1 Å². The van der Waals surface area contributed by atoms with Crippen LogP contribution in [0.25, 0.3) is 11.4 Å². The smallest absolute Gasteiger partial charge is 0.416 e. The van der Waals surface area contributed by atoms with Gasteiger partial charge in [0, 0.05) is 25.1 Å². The zero-order valence-corrected chi connectivity index (χ0v) is 18.1. The molecule has 174 valence electrons. The third-order valence-corrected chi connectivity index (χ3v) is 5.51. The number of carbonyl (C=O) groups excluding carboxylic acids is 1. The number of amides is 1. The van der Waals surface area contributed by atoms with Gasteiger partial charge in [-0.15, -0.1) is 0 Å². The number of rotatable bonds is 8. The fourth-order valence-corrected chi connectivity index (χ4v) is 3.71. The molecule has 1 aliphatic rings. The van der Waals surface area contributed by atoms with Gasteiger partial charge in [-0.2, -0.15) is 18.2 Å². The first kappa shape index (κ1) is 22.8. The molecule has 1 unspecified atom stereocenters. The van der Waals surface area contributed by atoms with E-state index in [0.29, 0.717) is 30.4 Å². The maximum atomic E-state index is 13.0. The number of carbonyl (C=O) groups is 1. The van der Waals surface area contributed by atoms with Crippen LogP contribution in [0.15, 0.2) is 53.1 Å². The van der Waals surface area contributed by atoms with E-state index in [4.69, 9.17) is 9.26 Å². The van der Waals surface area contributed by atoms with Crippen LogP contribution < -0.4 is 4.74 Å². The molecular weight excluding hydrogens is 435 g/mol. The van der Waals surface area contributed by atoms with E-state index in [9.17, 15) is 18.0 Å². The Morgan fingerprint density at radius 2 is 1.97 bits per heavy atom. The van der Waals surface area contributed by atoms with Gasteiger partial charge in [-0.05, 0) is 48.4 Å². The molecule has 4 rings (SSSR count). The van der Waals surface area contributed by atoms with Gasteiger partial charge >= 0.3 is 6.18 Å². The highest BCUT2D eigenvalue weighted by molar-refractivity contribution is 5.79. The van der Waals surface area contributed by atoms with Crippen LogP contribution in [-0.2, 0) is 17.5 Å². The lowest BCUT2D eigenvalue weighted by Crippen LogP contribution is -2.24. The summed E-state index contributed by atoms with van der Waals surface area (Å²) in [5.74, 6) is 1.05. The third-order valence-electron chi connectivity index (χ3n) is 5.51. The lowest BCUT2D eigenvalue weighted by molar-refractivity contribution is -0.137. The Morgan fingerprint density at radius 1 is 1.18 bits per heavy atom. The molecule has 0 radical (unpaired) electrons. The zero-order chi connectivity index (χ0) is 23.4. The number of likely N-dealkylation sites (tertiary alicyclic amines) is 1. The number of ether oxygens (including phenoxy) is 1. The molecule has 0 bridgehead atoms. The molecule has 1 atom stereocenters. The van der Waals surface area contributed by atoms with Gasteiger partial charge in [-0.3, -0.25) is 4.79 Å². The van der Waals surface area contributed by atoms with Crippen molar-refractivity contribution in [1.82, 2.24) is 15.0 Å². The summed E-state index contributed by atoms with van der Waals surface area (Å²) in [6.07, 6.45) is -2.20. The second-order valence-electron chi connectivity index (χ2n) is 8.06. The third kappa shape index (κ3) is 5.53. The van der Waals surface area contributed by atoms with Crippen molar-refractivity contribution < 1.29 is 27.2 Å². The summed E-state index contributed by atoms with van der Waals surface area (Å²) < 4.78 is 49.9. The van der Waals surface area contributed by atoms with E-state index < -0.39 is 11.7 Å². The summed E-state index contributed by atoms with van der Waals surface area (Å²) >= 11 is 0. The molecule has 3 aromatic rings. The number of benzene rings is 2.